The van der Waals surface area contributed by atoms with E-state index >= 15 is 0 Å². The molecule has 1 saturated heterocycles. The fraction of sp³-hybridized carbons (Fsp3) is 0.333. The van der Waals surface area contributed by atoms with Gasteiger partial charge in [-0.25, -0.2) is 9.67 Å². The molecule has 148 valence electrons. The van der Waals surface area contributed by atoms with Crippen LogP contribution in [0.5, 0.6) is 0 Å². The van der Waals surface area contributed by atoms with Gasteiger partial charge >= 0.3 is 0 Å². The third kappa shape index (κ3) is 3.47. The van der Waals surface area contributed by atoms with Gasteiger partial charge in [-0.15, -0.1) is 5.10 Å². The Morgan fingerprint density at radius 3 is 2.55 bits per heavy atom. The summed E-state index contributed by atoms with van der Waals surface area (Å²) < 4.78 is 7.82. The molecule has 8 heteroatoms. The Labute approximate surface area is 168 Å². The second-order valence-electron chi connectivity index (χ2n) is 7.24. The molecule has 29 heavy (non-hydrogen) atoms. The summed E-state index contributed by atoms with van der Waals surface area (Å²) in [7, 11) is 0. The molecule has 0 spiro atoms. The molecular weight excluding hydrogens is 368 g/mol. The number of hydrogen-bond donors (Lipinski definition) is 0. The Hall–Kier alpha value is -3.26. The predicted molar refractivity (Wildman–Crippen MR) is 106 cm³/mol. The third-order valence-electron chi connectivity index (χ3n) is 5.51. The lowest BCUT2D eigenvalue weighted by atomic mass is 10.1. The molecule has 3 aromatic rings. The number of piperazine rings is 1. The lowest BCUT2D eigenvalue weighted by molar-refractivity contribution is -0.00196. The molecule has 8 nitrogen and oxygen atoms in total. The highest BCUT2D eigenvalue weighted by atomic mass is 16.5. The van der Waals surface area contributed by atoms with Gasteiger partial charge in [0.1, 0.15) is 11.9 Å². The van der Waals surface area contributed by atoms with E-state index in [9.17, 15) is 4.79 Å². The van der Waals surface area contributed by atoms with Crippen molar-refractivity contribution in [3.8, 4) is 0 Å². The zero-order chi connectivity index (χ0) is 19.6. The molecule has 5 rings (SSSR count). The minimum absolute atomic E-state index is 0.0738. The maximum Gasteiger partial charge on any atom is 0.276 e. The van der Waals surface area contributed by atoms with Crippen LogP contribution in [0.3, 0.4) is 0 Å². The first-order valence-corrected chi connectivity index (χ1v) is 9.84. The summed E-state index contributed by atoms with van der Waals surface area (Å²) in [5.41, 5.74) is 2.27. The van der Waals surface area contributed by atoms with Crippen molar-refractivity contribution in [2.75, 3.05) is 31.1 Å². The van der Waals surface area contributed by atoms with Gasteiger partial charge in [0.2, 0.25) is 0 Å². The highest BCUT2D eigenvalue weighted by molar-refractivity contribution is 5.93. The number of ether oxygens (including phenoxy) is 1. The standard InChI is InChI=1S/C21H22N6O2/c28-21(26-12-10-25(11-13-26)19-8-4-5-9-22-19)20-17-15-29-18(14-27(17)24-23-20)16-6-2-1-3-7-16/h1-9,18H,10-15H2/t18-/m1/s1. The molecule has 0 saturated carbocycles. The Kier molecular flexibility index (Phi) is 4.69. The van der Waals surface area contributed by atoms with E-state index in [2.05, 4.69) is 20.2 Å². The van der Waals surface area contributed by atoms with Crippen molar-refractivity contribution in [3.63, 3.8) is 0 Å². The fourth-order valence-corrected chi connectivity index (χ4v) is 3.88. The van der Waals surface area contributed by atoms with Gasteiger partial charge in [0.05, 0.1) is 18.8 Å². The number of nitrogens with zero attached hydrogens (tertiary/aromatic N) is 6. The largest absolute Gasteiger partial charge is 0.365 e. The Morgan fingerprint density at radius 2 is 1.79 bits per heavy atom. The number of anilines is 1. The molecule has 1 aromatic carbocycles. The van der Waals surface area contributed by atoms with E-state index in [1.165, 1.54) is 0 Å². The van der Waals surface area contributed by atoms with Crippen LogP contribution in [0.4, 0.5) is 5.82 Å². The smallest absolute Gasteiger partial charge is 0.276 e. The van der Waals surface area contributed by atoms with Gasteiger partial charge in [-0.2, -0.15) is 0 Å². The number of rotatable bonds is 3. The van der Waals surface area contributed by atoms with Crippen LogP contribution in [0.15, 0.2) is 54.7 Å². The molecule has 2 aliphatic heterocycles. The summed E-state index contributed by atoms with van der Waals surface area (Å²) in [4.78, 5) is 21.5. The van der Waals surface area contributed by atoms with Gasteiger partial charge in [0, 0.05) is 32.4 Å². The highest BCUT2D eigenvalue weighted by Gasteiger charge is 2.31. The summed E-state index contributed by atoms with van der Waals surface area (Å²) in [6.07, 6.45) is 1.72. The molecule has 0 N–H and O–H groups in total. The van der Waals surface area contributed by atoms with Crippen LogP contribution in [-0.2, 0) is 17.9 Å². The van der Waals surface area contributed by atoms with Crippen molar-refractivity contribution < 1.29 is 9.53 Å². The van der Waals surface area contributed by atoms with Gasteiger partial charge < -0.3 is 14.5 Å². The molecule has 2 aromatic heterocycles. The van der Waals surface area contributed by atoms with E-state index in [0.717, 1.165) is 30.2 Å². The number of pyridine rings is 1. The maximum atomic E-state index is 13.0. The van der Waals surface area contributed by atoms with E-state index in [4.69, 9.17) is 4.74 Å². The van der Waals surface area contributed by atoms with E-state index in [0.29, 0.717) is 31.9 Å². The van der Waals surface area contributed by atoms with Crippen molar-refractivity contribution in [2.24, 2.45) is 0 Å². The average molecular weight is 390 g/mol. The minimum Gasteiger partial charge on any atom is -0.365 e. The summed E-state index contributed by atoms with van der Waals surface area (Å²) in [6.45, 7) is 3.66. The van der Waals surface area contributed by atoms with Crippen molar-refractivity contribution in [1.82, 2.24) is 24.9 Å². The summed E-state index contributed by atoms with van der Waals surface area (Å²) in [5, 5.41) is 8.42. The van der Waals surface area contributed by atoms with Gasteiger partial charge in [-0.05, 0) is 17.7 Å². The number of amides is 1. The number of carbonyl (C=O) groups excluding carboxylic acids is 1. The zero-order valence-corrected chi connectivity index (χ0v) is 16.0. The number of fused-ring (bicyclic) bond motifs is 1. The van der Waals surface area contributed by atoms with Crippen molar-refractivity contribution in [3.05, 3.63) is 71.7 Å². The van der Waals surface area contributed by atoms with E-state index < -0.39 is 0 Å². The second kappa shape index (κ2) is 7.63. The van der Waals surface area contributed by atoms with Crippen LogP contribution < -0.4 is 4.90 Å². The zero-order valence-electron chi connectivity index (χ0n) is 16.0. The van der Waals surface area contributed by atoms with Crippen molar-refractivity contribution in [1.29, 1.82) is 0 Å². The van der Waals surface area contributed by atoms with Gasteiger partial charge in [-0.3, -0.25) is 4.79 Å². The normalized spacial score (nSPS) is 19.1. The molecule has 0 bridgehead atoms. The Balaban J connectivity index is 1.26. The molecule has 4 heterocycles. The van der Waals surface area contributed by atoms with Crippen LogP contribution >= 0.6 is 0 Å². The topological polar surface area (TPSA) is 76.4 Å². The quantitative estimate of drug-likeness (QED) is 0.680. The van der Waals surface area contributed by atoms with Crippen LogP contribution in [0.1, 0.15) is 27.8 Å². The van der Waals surface area contributed by atoms with Gasteiger partial charge in [0.15, 0.2) is 5.69 Å². The number of benzene rings is 1. The van der Waals surface area contributed by atoms with E-state index in [-0.39, 0.29) is 12.0 Å². The fourth-order valence-electron chi connectivity index (χ4n) is 3.88. The SMILES string of the molecule is O=C(c1nnn2c1CO[C@@H](c1ccccc1)C2)N1CCN(c2ccccn2)CC1. The molecule has 1 amide bonds. The number of aromatic nitrogens is 4. The second-order valence-corrected chi connectivity index (χ2v) is 7.24. The number of carbonyl (C=O) groups is 1. The predicted octanol–water partition coefficient (Wildman–Crippen LogP) is 1.91. The Morgan fingerprint density at radius 1 is 1.00 bits per heavy atom. The molecule has 1 atom stereocenters. The van der Waals surface area contributed by atoms with Crippen LogP contribution in [0.25, 0.3) is 0 Å². The van der Waals surface area contributed by atoms with Crippen LogP contribution in [0, 0.1) is 0 Å². The molecular formula is C21H22N6O2. The highest BCUT2D eigenvalue weighted by Crippen LogP contribution is 2.27. The lowest BCUT2D eigenvalue weighted by Gasteiger charge is -2.35. The van der Waals surface area contributed by atoms with E-state index in [1.807, 2.05) is 53.4 Å². The molecule has 2 aliphatic rings. The Bertz CT molecular complexity index is 983. The monoisotopic (exact) mass is 390 g/mol. The van der Waals surface area contributed by atoms with Gasteiger partial charge in [-0.1, -0.05) is 41.6 Å². The van der Waals surface area contributed by atoms with Crippen LogP contribution in [-0.4, -0.2) is 57.0 Å². The van der Waals surface area contributed by atoms with Crippen molar-refractivity contribution in [2.45, 2.75) is 19.3 Å². The molecule has 0 unspecified atom stereocenters. The van der Waals surface area contributed by atoms with Crippen LogP contribution in [0.2, 0.25) is 0 Å². The maximum absolute atomic E-state index is 13.0. The lowest BCUT2D eigenvalue weighted by Crippen LogP contribution is -2.49. The average Bonchev–Trinajstić information content (AvgIpc) is 3.23. The summed E-state index contributed by atoms with van der Waals surface area (Å²) in [6, 6.07) is 15.9. The first kappa shape index (κ1) is 17.8. The number of hydrogen-bond acceptors (Lipinski definition) is 6. The first-order valence-electron chi connectivity index (χ1n) is 9.84. The molecule has 0 radical (unpaired) electrons. The summed E-state index contributed by atoms with van der Waals surface area (Å²) >= 11 is 0. The summed E-state index contributed by atoms with van der Waals surface area (Å²) in [5.74, 6) is 0.870. The molecule has 1 fully saturated rings. The minimum atomic E-state index is -0.0753. The van der Waals surface area contributed by atoms with Gasteiger partial charge in [0.25, 0.3) is 5.91 Å². The third-order valence-corrected chi connectivity index (χ3v) is 5.51. The van der Waals surface area contributed by atoms with E-state index in [1.54, 1.807) is 10.9 Å². The molecule has 0 aliphatic carbocycles. The van der Waals surface area contributed by atoms with Crippen molar-refractivity contribution >= 4 is 11.7 Å². The first-order chi connectivity index (χ1) is 14.3.